The van der Waals surface area contributed by atoms with E-state index in [4.69, 9.17) is 5.73 Å². The predicted molar refractivity (Wildman–Crippen MR) is 59.5 cm³/mol. The smallest absolute Gasteiger partial charge is 0.212 e. The van der Waals surface area contributed by atoms with Crippen molar-refractivity contribution in [2.75, 3.05) is 18.8 Å². The Labute approximate surface area is 87.3 Å². The van der Waals surface area contributed by atoms with Crippen molar-refractivity contribution >= 4 is 10.0 Å². The van der Waals surface area contributed by atoms with Crippen molar-refractivity contribution in [3.63, 3.8) is 0 Å². The van der Waals surface area contributed by atoms with Crippen LogP contribution in [0.15, 0.2) is 0 Å². The van der Waals surface area contributed by atoms with E-state index in [1.807, 2.05) is 27.7 Å². The van der Waals surface area contributed by atoms with Crippen LogP contribution in [-0.2, 0) is 10.0 Å². The number of nitrogens with two attached hydrogens (primary N) is 1. The molecule has 0 fully saturated rings. The Bertz CT molecular complexity index is 254. The van der Waals surface area contributed by atoms with Gasteiger partial charge in [-0.1, -0.05) is 27.7 Å². The van der Waals surface area contributed by atoms with Crippen LogP contribution in [0.1, 0.15) is 27.7 Å². The Morgan fingerprint density at radius 2 is 1.86 bits per heavy atom. The third-order valence-electron chi connectivity index (χ3n) is 1.68. The molecular weight excluding hydrogens is 200 g/mol. The molecule has 14 heavy (non-hydrogen) atoms. The number of hydrogen-bond donors (Lipinski definition) is 2. The Hall–Kier alpha value is -0.130. The van der Waals surface area contributed by atoms with Gasteiger partial charge in [0.1, 0.15) is 0 Å². The van der Waals surface area contributed by atoms with Crippen LogP contribution < -0.4 is 10.5 Å². The molecule has 4 nitrogen and oxygen atoms in total. The van der Waals surface area contributed by atoms with Crippen LogP contribution in [-0.4, -0.2) is 27.3 Å². The number of hydrogen-bond acceptors (Lipinski definition) is 3. The van der Waals surface area contributed by atoms with E-state index in [2.05, 4.69) is 4.72 Å². The lowest BCUT2D eigenvalue weighted by molar-refractivity contribution is 0.455. The van der Waals surface area contributed by atoms with E-state index >= 15 is 0 Å². The van der Waals surface area contributed by atoms with Gasteiger partial charge in [0.15, 0.2) is 0 Å². The maximum absolute atomic E-state index is 11.5. The highest BCUT2D eigenvalue weighted by Crippen LogP contribution is 2.15. The van der Waals surface area contributed by atoms with Crippen molar-refractivity contribution in [1.29, 1.82) is 0 Å². The molecule has 0 aliphatic rings. The lowest BCUT2D eigenvalue weighted by atomic mass is 10.0. The highest BCUT2D eigenvalue weighted by molar-refractivity contribution is 7.89. The molecule has 0 aliphatic carbocycles. The van der Waals surface area contributed by atoms with Crippen LogP contribution in [0.4, 0.5) is 0 Å². The average molecular weight is 222 g/mol. The molecule has 0 aromatic rings. The third-order valence-corrected chi connectivity index (χ3v) is 3.53. The van der Waals surface area contributed by atoms with Gasteiger partial charge in [0.2, 0.25) is 10.0 Å². The fourth-order valence-electron chi connectivity index (χ4n) is 0.974. The first-order valence-corrected chi connectivity index (χ1v) is 6.49. The van der Waals surface area contributed by atoms with Crippen LogP contribution >= 0.6 is 0 Å². The minimum atomic E-state index is -3.15. The monoisotopic (exact) mass is 222 g/mol. The van der Waals surface area contributed by atoms with E-state index in [0.717, 1.165) is 0 Å². The van der Waals surface area contributed by atoms with Gasteiger partial charge >= 0.3 is 0 Å². The quantitative estimate of drug-likeness (QED) is 0.713. The summed E-state index contributed by atoms with van der Waals surface area (Å²) in [6, 6.07) is 0. The van der Waals surface area contributed by atoms with Gasteiger partial charge in [-0.2, -0.15) is 0 Å². The molecule has 0 heterocycles. The normalized spacial score (nSPS) is 15.5. The first kappa shape index (κ1) is 13.9. The minimum Gasteiger partial charge on any atom is -0.330 e. The summed E-state index contributed by atoms with van der Waals surface area (Å²) in [6.07, 6.45) is 0. The molecule has 0 amide bonds. The van der Waals surface area contributed by atoms with Crippen LogP contribution in [0, 0.1) is 11.3 Å². The molecule has 0 saturated heterocycles. The minimum absolute atomic E-state index is 0.150. The Morgan fingerprint density at radius 3 is 2.21 bits per heavy atom. The SMILES string of the molecule is CC(CN)CNS(=O)(=O)CC(C)(C)C. The second-order valence-electron chi connectivity index (χ2n) is 5.01. The molecule has 0 spiro atoms. The summed E-state index contributed by atoms with van der Waals surface area (Å²) < 4.78 is 25.6. The first-order valence-electron chi connectivity index (χ1n) is 4.84. The average Bonchev–Trinajstić information content (AvgIpc) is 1.96. The molecule has 86 valence electrons. The van der Waals surface area contributed by atoms with Gasteiger partial charge < -0.3 is 5.73 Å². The Morgan fingerprint density at radius 1 is 1.36 bits per heavy atom. The van der Waals surface area contributed by atoms with Gasteiger partial charge in [-0.3, -0.25) is 0 Å². The molecule has 0 aromatic carbocycles. The lowest BCUT2D eigenvalue weighted by Gasteiger charge is -2.19. The number of rotatable bonds is 5. The van der Waals surface area contributed by atoms with Gasteiger partial charge in [-0.25, -0.2) is 13.1 Å². The zero-order chi connectivity index (χ0) is 11.4. The van der Waals surface area contributed by atoms with Crippen LogP contribution in [0.25, 0.3) is 0 Å². The molecule has 1 unspecified atom stereocenters. The van der Waals surface area contributed by atoms with E-state index in [-0.39, 0.29) is 17.1 Å². The summed E-state index contributed by atoms with van der Waals surface area (Å²) in [5.41, 5.74) is 5.18. The maximum Gasteiger partial charge on any atom is 0.212 e. The molecule has 0 saturated carbocycles. The van der Waals surface area contributed by atoms with Crippen LogP contribution in [0.3, 0.4) is 0 Å². The van der Waals surface area contributed by atoms with Crippen molar-refractivity contribution < 1.29 is 8.42 Å². The third kappa shape index (κ3) is 7.29. The van der Waals surface area contributed by atoms with Crippen molar-refractivity contribution in [2.45, 2.75) is 27.7 Å². The van der Waals surface area contributed by atoms with Gasteiger partial charge in [0, 0.05) is 6.54 Å². The summed E-state index contributed by atoms with van der Waals surface area (Å²) in [6.45, 7) is 8.54. The fraction of sp³-hybridized carbons (Fsp3) is 1.00. The van der Waals surface area contributed by atoms with Crippen molar-refractivity contribution in [3.8, 4) is 0 Å². The zero-order valence-corrected chi connectivity index (χ0v) is 10.3. The van der Waals surface area contributed by atoms with Crippen LogP contribution in [0.5, 0.6) is 0 Å². The highest BCUT2D eigenvalue weighted by Gasteiger charge is 2.21. The molecule has 0 aromatic heterocycles. The van der Waals surface area contributed by atoms with E-state index in [9.17, 15) is 8.42 Å². The summed E-state index contributed by atoms with van der Waals surface area (Å²) in [7, 11) is -3.15. The highest BCUT2D eigenvalue weighted by atomic mass is 32.2. The largest absolute Gasteiger partial charge is 0.330 e. The standard InChI is InChI=1S/C9H22N2O2S/c1-8(5-10)6-11-14(12,13)7-9(2,3)4/h8,11H,5-7,10H2,1-4H3. The molecule has 5 heteroatoms. The van der Waals surface area contributed by atoms with Crippen LogP contribution in [0.2, 0.25) is 0 Å². The first-order chi connectivity index (χ1) is 6.16. The predicted octanol–water partition coefficient (Wildman–Crippen LogP) is 0.547. The topological polar surface area (TPSA) is 72.2 Å². The molecule has 0 rings (SSSR count). The Balaban J connectivity index is 4.10. The lowest BCUT2D eigenvalue weighted by Crippen LogP contribution is -2.36. The van der Waals surface area contributed by atoms with E-state index < -0.39 is 10.0 Å². The van der Waals surface area contributed by atoms with Crippen molar-refractivity contribution in [2.24, 2.45) is 17.1 Å². The van der Waals surface area contributed by atoms with E-state index in [1.54, 1.807) is 0 Å². The molecule has 1 atom stereocenters. The molecule has 3 N–H and O–H groups in total. The molecular formula is C9H22N2O2S. The Kier molecular flexibility index (Phi) is 5.05. The number of nitrogens with one attached hydrogen (secondary N) is 1. The molecule has 0 aliphatic heterocycles. The summed E-state index contributed by atoms with van der Waals surface area (Å²) in [5, 5.41) is 0. The fourth-order valence-corrected chi connectivity index (χ4v) is 2.75. The second kappa shape index (κ2) is 5.09. The summed E-state index contributed by atoms with van der Waals surface area (Å²) in [4.78, 5) is 0. The van der Waals surface area contributed by atoms with Gasteiger partial charge in [0.05, 0.1) is 5.75 Å². The zero-order valence-electron chi connectivity index (χ0n) is 9.50. The molecule has 0 radical (unpaired) electrons. The van der Waals surface area contributed by atoms with Gasteiger partial charge in [-0.05, 0) is 17.9 Å². The van der Waals surface area contributed by atoms with Crippen molar-refractivity contribution in [1.82, 2.24) is 4.72 Å². The second-order valence-corrected chi connectivity index (χ2v) is 6.82. The van der Waals surface area contributed by atoms with Gasteiger partial charge in [-0.15, -0.1) is 0 Å². The summed E-state index contributed by atoms with van der Waals surface area (Å²) in [5.74, 6) is 0.335. The molecule has 0 bridgehead atoms. The van der Waals surface area contributed by atoms with E-state index in [1.165, 1.54) is 0 Å². The van der Waals surface area contributed by atoms with E-state index in [0.29, 0.717) is 13.1 Å². The summed E-state index contributed by atoms with van der Waals surface area (Å²) >= 11 is 0. The number of sulfonamides is 1. The van der Waals surface area contributed by atoms with Gasteiger partial charge in [0.25, 0.3) is 0 Å². The maximum atomic E-state index is 11.5. The van der Waals surface area contributed by atoms with Crippen molar-refractivity contribution in [3.05, 3.63) is 0 Å².